The molecule has 0 saturated heterocycles. The number of methoxy groups -OCH3 is 1. The summed E-state index contributed by atoms with van der Waals surface area (Å²) in [5.41, 5.74) is 2.60. The minimum absolute atomic E-state index is 0.226. The van der Waals surface area contributed by atoms with Gasteiger partial charge in [-0.1, -0.05) is 6.07 Å². The van der Waals surface area contributed by atoms with E-state index in [0.717, 1.165) is 25.4 Å². The van der Waals surface area contributed by atoms with Crippen LogP contribution in [0.2, 0.25) is 0 Å². The van der Waals surface area contributed by atoms with Gasteiger partial charge in [0.25, 0.3) is 0 Å². The zero-order chi connectivity index (χ0) is 12.5. The molecular weight excluding hydrogens is 234 g/mol. The van der Waals surface area contributed by atoms with Gasteiger partial charge in [-0.25, -0.2) is 0 Å². The van der Waals surface area contributed by atoms with Gasteiger partial charge < -0.3 is 15.2 Å². The average Bonchev–Trinajstić information content (AvgIpc) is 2.34. The van der Waals surface area contributed by atoms with Crippen LogP contribution in [0, 0.1) is 6.92 Å². The lowest BCUT2D eigenvalue weighted by molar-refractivity contribution is 0.199. The molecule has 1 aromatic rings. The van der Waals surface area contributed by atoms with Gasteiger partial charge in [-0.05, 0) is 30.2 Å². The van der Waals surface area contributed by atoms with Gasteiger partial charge in [-0.3, -0.25) is 0 Å². The molecule has 1 rings (SSSR count). The summed E-state index contributed by atoms with van der Waals surface area (Å²) in [7, 11) is 1.71. The molecule has 17 heavy (non-hydrogen) atoms. The van der Waals surface area contributed by atoms with Crippen LogP contribution in [0.15, 0.2) is 23.1 Å². The van der Waals surface area contributed by atoms with E-state index in [1.165, 1.54) is 16.0 Å². The molecule has 96 valence electrons. The molecule has 4 heteroatoms. The summed E-state index contributed by atoms with van der Waals surface area (Å²) in [5.74, 6) is 0.755. The van der Waals surface area contributed by atoms with E-state index in [2.05, 4.69) is 30.4 Å². The predicted molar refractivity (Wildman–Crippen MR) is 72.6 cm³/mol. The third kappa shape index (κ3) is 5.55. The first kappa shape index (κ1) is 14.5. The number of aliphatic hydroxyl groups excluding tert-OH is 1. The summed E-state index contributed by atoms with van der Waals surface area (Å²) in [6, 6.07) is 6.43. The Morgan fingerprint density at radius 3 is 2.88 bits per heavy atom. The maximum Gasteiger partial charge on any atom is 0.0587 e. The monoisotopic (exact) mass is 255 g/mol. The highest BCUT2D eigenvalue weighted by molar-refractivity contribution is 7.99. The van der Waals surface area contributed by atoms with Crippen LogP contribution in [-0.4, -0.2) is 37.7 Å². The zero-order valence-corrected chi connectivity index (χ0v) is 11.3. The second kappa shape index (κ2) is 8.53. The molecule has 0 bridgehead atoms. The number of rotatable bonds is 8. The predicted octanol–water partition coefficient (Wildman–Crippen LogP) is 1.82. The van der Waals surface area contributed by atoms with Gasteiger partial charge in [0.05, 0.1) is 13.2 Å². The Morgan fingerprint density at radius 1 is 1.41 bits per heavy atom. The molecule has 0 spiro atoms. The summed E-state index contributed by atoms with van der Waals surface area (Å²) < 4.78 is 4.98. The molecule has 0 radical (unpaired) electrons. The first-order valence-corrected chi connectivity index (χ1v) is 6.79. The smallest absolute Gasteiger partial charge is 0.0587 e. The first-order chi connectivity index (χ1) is 8.27. The Morgan fingerprint density at radius 2 is 2.24 bits per heavy atom. The molecule has 0 heterocycles. The molecule has 2 N–H and O–H groups in total. The first-order valence-electron chi connectivity index (χ1n) is 5.80. The Balaban J connectivity index is 2.45. The van der Waals surface area contributed by atoms with Gasteiger partial charge in [-0.2, -0.15) is 0 Å². The lowest BCUT2D eigenvalue weighted by Gasteiger charge is -2.09. The Hall–Kier alpha value is -0.550. The van der Waals surface area contributed by atoms with Crippen LogP contribution in [0.1, 0.15) is 11.1 Å². The maximum atomic E-state index is 8.78. The van der Waals surface area contributed by atoms with Gasteiger partial charge in [0.2, 0.25) is 0 Å². The highest BCUT2D eigenvalue weighted by atomic mass is 32.2. The van der Waals surface area contributed by atoms with Crippen molar-refractivity contribution < 1.29 is 9.84 Å². The molecule has 0 saturated carbocycles. The molecule has 0 aromatic heterocycles. The number of nitrogens with one attached hydrogen (secondary N) is 1. The molecule has 0 fully saturated rings. The van der Waals surface area contributed by atoms with E-state index in [1.54, 1.807) is 18.9 Å². The normalized spacial score (nSPS) is 10.8. The van der Waals surface area contributed by atoms with Crippen molar-refractivity contribution in [1.29, 1.82) is 0 Å². The quantitative estimate of drug-likeness (QED) is 0.549. The van der Waals surface area contributed by atoms with E-state index in [9.17, 15) is 0 Å². The van der Waals surface area contributed by atoms with Crippen molar-refractivity contribution in [2.45, 2.75) is 18.4 Å². The summed E-state index contributed by atoms with van der Waals surface area (Å²) in [5, 5.41) is 12.1. The molecular formula is C13H21NO2S. The number of ether oxygens (including phenoxy) is 1. The van der Waals surface area contributed by atoms with E-state index in [0.29, 0.717) is 0 Å². The summed E-state index contributed by atoms with van der Waals surface area (Å²) in [6.07, 6.45) is 0. The Bertz CT molecular complexity index is 331. The van der Waals surface area contributed by atoms with Crippen LogP contribution < -0.4 is 5.32 Å². The second-order valence-corrected chi connectivity index (χ2v) is 5.00. The fraction of sp³-hybridized carbons (Fsp3) is 0.538. The van der Waals surface area contributed by atoms with Crippen molar-refractivity contribution in [3.63, 3.8) is 0 Å². The molecule has 3 nitrogen and oxygen atoms in total. The van der Waals surface area contributed by atoms with Crippen molar-refractivity contribution >= 4 is 11.8 Å². The summed E-state index contributed by atoms with van der Waals surface area (Å²) >= 11 is 1.68. The van der Waals surface area contributed by atoms with E-state index >= 15 is 0 Å². The van der Waals surface area contributed by atoms with Crippen molar-refractivity contribution in [2.75, 3.05) is 32.6 Å². The van der Waals surface area contributed by atoms with Gasteiger partial charge >= 0.3 is 0 Å². The fourth-order valence-corrected chi connectivity index (χ4v) is 2.27. The number of hydrogen-bond acceptors (Lipinski definition) is 4. The average molecular weight is 255 g/mol. The Labute approximate surface area is 108 Å². The zero-order valence-electron chi connectivity index (χ0n) is 10.5. The number of hydrogen-bond donors (Lipinski definition) is 2. The van der Waals surface area contributed by atoms with E-state index in [1.807, 2.05) is 0 Å². The van der Waals surface area contributed by atoms with E-state index < -0.39 is 0 Å². The van der Waals surface area contributed by atoms with E-state index in [4.69, 9.17) is 9.84 Å². The largest absolute Gasteiger partial charge is 0.396 e. The van der Waals surface area contributed by atoms with Gasteiger partial charge in [0, 0.05) is 30.8 Å². The number of aryl methyl sites for hydroxylation is 1. The van der Waals surface area contributed by atoms with Crippen LogP contribution in [0.4, 0.5) is 0 Å². The van der Waals surface area contributed by atoms with Crippen LogP contribution in [0.25, 0.3) is 0 Å². The molecule has 0 unspecified atom stereocenters. The third-order valence-electron chi connectivity index (χ3n) is 2.47. The molecule has 0 atom stereocenters. The number of benzene rings is 1. The van der Waals surface area contributed by atoms with E-state index in [-0.39, 0.29) is 6.61 Å². The highest BCUT2D eigenvalue weighted by Gasteiger charge is 2.00. The number of aliphatic hydroxyl groups is 1. The Kier molecular flexibility index (Phi) is 7.28. The van der Waals surface area contributed by atoms with Gasteiger partial charge in [0.15, 0.2) is 0 Å². The molecule has 0 aliphatic carbocycles. The van der Waals surface area contributed by atoms with Crippen LogP contribution in [-0.2, 0) is 11.3 Å². The maximum absolute atomic E-state index is 8.78. The molecule has 0 amide bonds. The minimum atomic E-state index is 0.226. The molecule has 0 aliphatic heterocycles. The van der Waals surface area contributed by atoms with Crippen LogP contribution in [0.5, 0.6) is 0 Å². The highest BCUT2D eigenvalue weighted by Crippen LogP contribution is 2.20. The van der Waals surface area contributed by atoms with Crippen LogP contribution >= 0.6 is 11.8 Å². The lowest BCUT2D eigenvalue weighted by Crippen LogP contribution is -2.19. The van der Waals surface area contributed by atoms with Gasteiger partial charge in [0.1, 0.15) is 0 Å². The lowest BCUT2D eigenvalue weighted by atomic mass is 10.1. The van der Waals surface area contributed by atoms with Gasteiger partial charge in [-0.15, -0.1) is 11.8 Å². The summed E-state index contributed by atoms with van der Waals surface area (Å²) in [6.45, 7) is 4.83. The topological polar surface area (TPSA) is 41.5 Å². The number of thioether (sulfide) groups is 1. The standard InChI is InChI=1S/C13H21NO2S/c1-11-9-13(17-8-6-15)4-3-12(11)10-14-5-7-16-2/h3-4,9,14-15H,5-8,10H2,1-2H3. The van der Waals surface area contributed by atoms with Crippen LogP contribution in [0.3, 0.4) is 0 Å². The fourth-order valence-electron chi connectivity index (χ4n) is 1.52. The molecule has 0 aliphatic rings. The van der Waals surface area contributed by atoms with Crippen molar-refractivity contribution in [1.82, 2.24) is 5.32 Å². The van der Waals surface area contributed by atoms with Crippen molar-refractivity contribution in [3.8, 4) is 0 Å². The molecule has 1 aromatic carbocycles. The van der Waals surface area contributed by atoms with Crippen molar-refractivity contribution in [3.05, 3.63) is 29.3 Å². The minimum Gasteiger partial charge on any atom is -0.396 e. The third-order valence-corrected chi connectivity index (χ3v) is 3.45. The van der Waals surface area contributed by atoms with Crippen molar-refractivity contribution in [2.24, 2.45) is 0 Å². The second-order valence-electron chi connectivity index (χ2n) is 3.83. The summed E-state index contributed by atoms with van der Waals surface area (Å²) in [4.78, 5) is 1.22. The SMILES string of the molecule is COCCNCc1ccc(SCCO)cc1C.